The summed E-state index contributed by atoms with van der Waals surface area (Å²) in [6, 6.07) is 9.94. The summed E-state index contributed by atoms with van der Waals surface area (Å²) in [4.78, 5) is 16.7. The highest BCUT2D eigenvalue weighted by molar-refractivity contribution is 7.99. The van der Waals surface area contributed by atoms with Crippen molar-refractivity contribution < 1.29 is 4.79 Å². The summed E-state index contributed by atoms with van der Waals surface area (Å²) in [5.41, 5.74) is 3.17. The Hall–Kier alpha value is -2.38. The zero-order chi connectivity index (χ0) is 21.0. The highest BCUT2D eigenvalue weighted by Gasteiger charge is 2.35. The first-order chi connectivity index (χ1) is 14.6. The van der Waals surface area contributed by atoms with Crippen molar-refractivity contribution in [2.24, 2.45) is 0 Å². The van der Waals surface area contributed by atoms with E-state index >= 15 is 0 Å². The standard InChI is InChI=1S/C22H24ClN5OS/c1-16-4-5-18(12-19(16)23)28-15-26-27-21(28)30-13-20(29)25-14-22(8-2-3-9-22)17-6-10-24-11-7-17/h4-7,10-12,15H,2-3,8-9,13-14H2,1H3,(H,25,29). The molecule has 0 spiro atoms. The summed E-state index contributed by atoms with van der Waals surface area (Å²) in [7, 11) is 0. The van der Waals surface area contributed by atoms with Crippen LogP contribution in [0.4, 0.5) is 0 Å². The Labute approximate surface area is 185 Å². The number of hydrogen-bond donors (Lipinski definition) is 1. The van der Waals surface area contributed by atoms with Crippen LogP contribution in [0.3, 0.4) is 0 Å². The smallest absolute Gasteiger partial charge is 0.230 e. The van der Waals surface area contributed by atoms with E-state index in [-0.39, 0.29) is 17.1 Å². The van der Waals surface area contributed by atoms with E-state index in [1.54, 1.807) is 6.33 Å². The van der Waals surface area contributed by atoms with E-state index in [4.69, 9.17) is 11.6 Å². The van der Waals surface area contributed by atoms with Crippen LogP contribution in [0, 0.1) is 6.92 Å². The lowest BCUT2D eigenvalue weighted by atomic mass is 9.79. The van der Waals surface area contributed by atoms with Gasteiger partial charge in [-0.05, 0) is 55.2 Å². The molecule has 3 aromatic rings. The number of halogens is 1. The number of carbonyl (C=O) groups is 1. The first-order valence-corrected chi connectivity index (χ1v) is 11.4. The van der Waals surface area contributed by atoms with E-state index in [1.165, 1.54) is 30.2 Å². The van der Waals surface area contributed by atoms with Crippen molar-refractivity contribution in [2.75, 3.05) is 12.3 Å². The van der Waals surface area contributed by atoms with Crippen LogP contribution < -0.4 is 5.32 Å². The Morgan fingerprint density at radius 3 is 2.73 bits per heavy atom. The number of rotatable bonds is 7. The molecule has 0 aliphatic heterocycles. The van der Waals surface area contributed by atoms with Crippen LogP contribution in [0.15, 0.2) is 54.2 Å². The monoisotopic (exact) mass is 441 g/mol. The molecule has 1 fully saturated rings. The van der Waals surface area contributed by atoms with Gasteiger partial charge in [-0.25, -0.2) is 0 Å². The average molecular weight is 442 g/mol. The van der Waals surface area contributed by atoms with Crippen molar-refractivity contribution in [1.29, 1.82) is 0 Å². The Morgan fingerprint density at radius 1 is 1.23 bits per heavy atom. The number of nitrogens with one attached hydrogen (secondary N) is 1. The average Bonchev–Trinajstić information content (AvgIpc) is 3.44. The van der Waals surface area contributed by atoms with Gasteiger partial charge in [-0.15, -0.1) is 10.2 Å². The third-order valence-electron chi connectivity index (χ3n) is 5.76. The summed E-state index contributed by atoms with van der Waals surface area (Å²) in [6.45, 7) is 2.61. The van der Waals surface area contributed by atoms with E-state index in [1.807, 2.05) is 42.1 Å². The predicted octanol–water partition coefficient (Wildman–Crippen LogP) is 4.34. The van der Waals surface area contributed by atoms with Crippen LogP contribution in [-0.4, -0.2) is 38.0 Å². The molecule has 2 aromatic heterocycles. The summed E-state index contributed by atoms with van der Waals surface area (Å²) >= 11 is 7.62. The first kappa shape index (κ1) is 20.9. The number of nitrogens with zero attached hydrogens (tertiary/aromatic N) is 4. The predicted molar refractivity (Wildman–Crippen MR) is 119 cm³/mol. The third kappa shape index (κ3) is 4.52. The zero-order valence-electron chi connectivity index (χ0n) is 16.8. The molecule has 0 atom stereocenters. The molecule has 1 aliphatic carbocycles. The van der Waals surface area contributed by atoms with Gasteiger partial charge in [-0.3, -0.25) is 14.3 Å². The van der Waals surface area contributed by atoms with Gasteiger partial charge in [0.1, 0.15) is 6.33 Å². The van der Waals surface area contributed by atoms with E-state index < -0.39 is 0 Å². The number of carbonyl (C=O) groups excluding carboxylic acids is 1. The molecule has 156 valence electrons. The Bertz CT molecular complexity index is 1020. The second-order valence-electron chi connectivity index (χ2n) is 7.71. The molecule has 0 radical (unpaired) electrons. The van der Waals surface area contributed by atoms with Crippen LogP contribution in [-0.2, 0) is 10.2 Å². The van der Waals surface area contributed by atoms with Crippen molar-refractivity contribution in [2.45, 2.75) is 43.2 Å². The SMILES string of the molecule is Cc1ccc(-n2cnnc2SCC(=O)NCC2(c3ccncc3)CCCC2)cc1Cl. The Kier molecular flexibility index (Phi) is 6.39. The van der Waals surface area contributed by atoms with E-state index in [2.05, 4.69) is 32.6 Å². The molecule has 1 N–H and O–H groups in total. The van der Waals surface area contributed by atoms with Gasteiger partial charge in [-0.2, -0.15) is 0 Å². The number of thioether (sulfide) groups is 1. The molecule has 1 amide bonds. The maximum absolute atomic E-state index is 12.6. The fourth-order valence-electron chi connectivity index (χ4n) is 4.01. The highest BCUT2D eigenvalue weighted by Crippen LogP contribution is 2.40. The number of aryl methyl sites for hydroxylation is 1. The molecule has 30 heavy (non-hydrogen) atoms. The van der Waals surface area contributed by atoms with Crippen LogP contribution in [0.2, 0.25) is 5.02 Å². The van der Waals surface area contributed by atoms with Gasteiger partial charge >= 0.3 is 0 Å². The van der Waals surface area contributed by atoms with E-state index in [0.717, 1.165) is 24.1 Å². The van der Waals surface area contributed by atoms with E-state index in [0.29, 0.717) is 16.7 Å². The van der Waals surface area contributed by atoms with Gasteiger partial charge in [-0.1, -0.05) is 42.3 Å². The molecule has 2 heterocycles. The van der Waals surface area contributed by atoms with Crippen LogP contribution in [0.25, 0.3) is 5.69 Å². The number of benzene rings is 1. The normalized spacial score (nSPS) is 15.3. The molecule has 1 aromatic carbocycles. The summed E-state index contributed by atoms with van der Waals surface area (Å²) in [6.07, 6.45) is 9.86. The topological polar surface area (TPSA) is 72.7 Å². The van der Waals surface area contributed by atoms with Crippen LogP contribution in [0.5, 0.6) is 0 Å². The van der Waals surface area contributed by atoms with Gasteiger partial charge in [0.15, 0.2) is 5.16 Å². The molecule has 6 nitrogen and oxygen atoms in total. The van der Waals surface area contributed by atoms with Crippen molar-refractivity contribution in [3.63, 3.8) is 0 Å². The second kappa shape index (κ2) is 9.18. The third-order valence-corrected chi connectivity index (χ3v) is 7.11. The number of amides is 1. The van der Waals surface area contributed by atoms with Crippen molar-refractivity contribution in [1.82, 2.24) is 25.1 Å². The first-order valence-electron chi connectivity index (χ1n) is 10.0. The quantitative estimate of drug-likeness (QED) is 0.552. The molecule has 8 heteroatoms. The summed E-state index contributed by atoms with van der Waals surface area (Å²) in [5, 5.41) is 12.7. The van der Waals surface area contributed by atoms with Crippen molar-refractivity contribution in [3.8, 4) is 5.69 Å². The molecular weight excluding hydrogens is 418 g/mol. The fourth-order valence-corrected chi connectivity index (χ4v) is 4.94. The lowest BCUT2D eigenvalue weighted by Crippen LogP contribution is -2.39. The van der Waals surface area contributed by atoms with Crippen molar-refractivity contribution >= 4 is 29.3 Å². The van der Waals surface area contributed by atoms with Gasteiger partial charge < -0.3 is 5.32 Å². The molecular formula is C22H24ClN5OS. The number of aromatic nitrogens is 4. The summed E-state index contributed by atoms with van der Waals surface area (Å²) < 4.78 is 1.85. The zero-order valence-corrected chi connectivity index (χ0v) is 18.4. The largest absolute Gasteiger partial charge is 0.354 e. The number of hydrogen-bond acceptors (Lipinski definition) is 5. The minimum atomic E-state index is -0.00294. The Balaban J connectivity index is 1.38. The van der Waals surface area contributed by atoms with Crippen LogP contribution in [0.1, 0.15) is 36.8 Å². The molecule has 0 bridgehead atoms. The van der Waals surface area contributed by atoms with Crippen molar-refractivity contribution in [3.05, 3.63) is 65.2 Å². The van der Waals surface area contributed by atoms with Gasteiger partial charge in [0.05, 0.1) is 11.4 Å². The molecule has 1 saturated carbocycles. The van der Waals surface area contributed by atoms with E-state index in [9.17, 15) is 4.79 Å². The minimum Gasteiger partial charge on any atom is -0.354 e. The van der Waals surface area contributed by atoms with Gasteiger partial charge in [0.2, 0.25) is 5.91 Å². The maximum atomic E-state index is 12.6. The molecule has 1 aliphatic rings. The minimum absolute atomic E-state index is 0.00294. The Morgan fingerprint density at radius 2 is 2.00 bits per heavy atom. The fraction of sp³-hybridized carbons (Fsp3) is 0.364. The van der Waals surface area contributed by atoms with Crippen LogP contribution >= 0.6 is 23.4 Å². The molecule has 4 rings (SSSR count). The lowest BCUT2D eigenvalue weighted by Gasteiger charge is -2.29. The van der Waals surface area contributed by atoms with Gasteiger partial charge in [0, 0.05) is 29.4 Å². The summed E-state index contributed by atoms with van der Waals surface area (Å²) in [5.74, 6) is 0.280. The second-order valence-corrected chi connectivity index (χ2v) is 9.06. The van der Waals surface area contributed by atoms with Gasteiger partial charge in [0.25, 0.3) is 0 Å². The number of pyridine rings is 1. The highest BCUT2D eigenvalue weighted by atomic mass is 35.5. The molecule has 0 saturated heterocycles. The lowest BCUT2D eigenvalue weighted by molar-refractivity contribution is -0.118. The molecule has 0 unspecified atom stereocenters. The maximum Gasteiger partial charge on any atom is 0.230 e.